The first-order valence-corrected chi connectivity index (χ1v) is 7.42. The van der Waals surface area contributed by atoms with Gasteiger partial charge in [0.05, 0.1) is 11.4 Å². The molecule has 0 unspecified atom stereocenters. The average Bonchev–Trinajstić information content (AvgIpc) is 2.31. The first-order valence-electron chi connectivity index (χ1n) is 6.34. The van der Waals surface area contributed by atoms with Gasteiger partial charge in [0.25, 0.3) is 0 Å². The van der Waals surface area contributed by atoms with Gasteiger partial charge in [-0.15, -0.1) is 0 Å². The first-order chi connectivity index (χ1) is 8.04. The van der Waals surface area contributed by atoms with E-state index in [2.05, 4.69) is 59.5 Å². The van der Waals surface area contributed by atoms with Crippen LogP contribution >= 0.6 is 22.6 Å². The molecule has 0 aromatic heterocycles. The number of benzene rings is 1. The highest BCUT2D eigenvalue weighted by molar-refractivity contribution is 14.1. The maximum absolute atomic E-state index is 6.11. The number of nitrogens with two attached hydrogens (primary N) is 1. The minimum atomic E-state index is 0.536. The zero-order valence-corrected chi connectivity index (χ0v) is 12.8. The van der Waals surface area contributed by atoms with Crippen LogP contribution in [0.25, 0.3) is 0 Å². The second kappa shape index (κ2) is 5.04. The summed E-state index contributed by atoms with van der Waals surface area (Å²) in [5.74, 6) is 0. The van der Waals surface area contributed by atoms with Gasteiger partial charge in [-0.2, -0.15) is 0 Å². The van der Waals surface area contributed by atoms with Gasteiger partial charge in [-0.05, 0) is 59.0 Å². The molecule has 94 valence electrons. The van der Waals surface area contributed by atoms with Gasteiger partial charge < -0.3 is 10.6 Å². The van der Waals surface area contributed by atoms with Gasteiger partial charge in [-0.1, -0.05) is 20.3 Å². The second-order valence-corrected chi connectivity index (χ2v) is 6.60. The molecule has 0 amide bonds. The minimum absolute atomic E-state index is 0.536. The third-order valence-corrected chi connectivity index (χ3v) is 4.83. The van der Waals surface area contributed by atoms with Crippen molar-refractivity contribution < 1.29 is 0 Å². The summed E-state index contributed by atoms with van der Waals surface area (Å²) in [6, 6.07) is 6.36. The minimum Gasteiger partial charge on any atom is -0.397 e. The average molecular weight is 344 g/mol. The Hall–Kier alpha value is -0.450. The molecule has 1 saturated heterocycles. The van der Waals surface area contributed by atoms with E-state index in [0.29, 0.717) is 5.41 Å². The number of rotatable bonds is 2. The van der Waals surface area contributed by atoms with Crippen LogP contribution in [0.2, 0.25) is 0 Å². The molecule has 0 bridgehead atoms. The second-order valence-electron chi connectivity index (χ2n) is 5.35. The van der Waals surface area contributed by atoms with Crippen molar-refractivity contribution in [1.29, 1.82) is 0 Å². The third kappa shape index (κ3) is 2.87. The van der Waals surface area contributed by atoms with E-state index in [1.54, 1.807) is 0 Å². The molecule has 0 aliphatic carbocycles. The van der Waals surface area contributed by atoms with Crippen LogP contribution in [0.15, 0.2) is 18.2 Å². The van der Waals surface area contributed by atoms with Crippen molar-refractivity contribution in [1.82, 2.24) is 0 Å². The Kier molecular flexibility index (Phi) is 3.85. The quantitative estimate of drug-likeness (QED) is 0.652. The standard InChI is InChI=1S/C14H21IN2/c1-3-14(2)6-8-17(9-7-14)13-5-4-11(15)10-12(13)16/h4-5,10H,3,6-9,16H2,1-2H3. The number of hydrogen-bond acceptors (Lipinski definition) is 2. The normalized spacial score (nSPS) is 19.4. The predicted molar refractivity (Wildman–Crippen MR) is 83.4 cm³/mol. The summed E-state index contributed by atoms with van der Waals surface area (Å²) in [6.45, 7) is 6.97. The van der Waals surface area contributed by atoms with Crippen molar-refractivity contribution in [2.24, 2.45) is 5.41 Å². The smallest absolute Gasteiger partial charge is 0.0600 e. The van der Waals surface area contributed by atoms with E-state index in [9.17, 15) is 0 Å². The molecule has 0 spiro atoms. The van der Waals surface area contributed by atoms with Crippen molar-refractivity contribution in [3.63, 3.8) is 0 Å². The van der Waals surface area contributed by atoms with Gasteiger partial charge in [-0.25, -0.2) is 0 Å². The van der Waals surface area contributed by atoms with E-state index >= 15 is 0 Å². The highest BCUT2D eigenvalue weighted by Gasteiger charge is 2.28. The van der Waals surface area contributed by atoms with Crippen LogP contribution in [-0.4, -0.2) is 13.1 Å². The van der Waals surface area contributed by atoms with E-state index in [4.69, 9.17) is 5.73 Å². The van der Waals surface area contributed by atoms with E-state index in [0.717, 1.165) is 18.8 Å². The Labute approximate surface area is 118 Å². The summed E-state index contributed by atoms with van der Waals surface area (Å²) in [7, 11) is 0. The Morgan fingerprint density at radius 3 is 2.53 bits per heavy atom. The molecule has 1 aliphatic rings. The van der Waals surface area contributed by atoms with E-state index < -0.39 is 0 Å². The summed E-state index contributed by atoms with van der Waals surface area (Å²) >= 11 is 2.31. The molecule has 0 saturated carbocycles. The summed E-state index contributed by atoms with van der Waals surface area (Å²) in [5.41, 5.74) is 8.77. The van der Waals surface area contributed by atoms with Crippen LogP contribution in [0, 0.1) is 8.99 Å². The van der Waals surface area contributed by atoms with Gasteiger partial charge in [0.2, 0.25) is 0 Å². The van der Waals surface area contributed by atoms with E-state index in [-0.39, 0.29) is 0 Å². The highest BCUT2D eigenvalue weighted by atomic mass is 127. The molecular weight excluding hydrogens is 323 g/mol. The summed E-state index contributed by atoms with van der Waals surface area (Å²) in [4.78, 5) is 2.43. The maximum Gasteiger partial charge on any atom is 0.0600 e. The highest BCUT2D eigenvalue weighted by Crippen LogP contribution is 2.37. The fraction of sp³-hybridized carbons (Fsp3) is 0.571. The molecule has 1 fully saturated rings. The lowest BCUT2D eigenvalue weighted by Gasteiger charge is -2.40. The SMILES string of the molecule is CCC1(C)CCN(c2ccc(I)cc2N)CC1. The van der Waals surface area contributed by atoms with Crippen molar-refractivity contribution in [3.8, 4) is 0 Å². The molecule has 2 nitrogen and oxygen atoms in total. The van der Waals surface area contributed by atoms with Gasteiger partial charge in [0.1, 0.15) is 0 Å². The Bertz CT molecular complexity index is 395. The molecule has 1 aliphatic heterocycles. The largest absolute Gasteiger partial charge is 0.397 e. The summed E-state index contributed by atoms with van der Waals surface area (Å²) in [6.07, 6.45) is 3.83. The molecule has 2 rings (SSSR count). The number of nitrogen functional groups attached to an aromatic ring is 1. The predicted octanol–water partition coefficient (Wildman–Crippen LogP) is 3.89. The van der Waals surface area contributed by atoms with Crippen LogP contribution in [0.5, 0.6) is 0 Å². The maximum atomic E-state index is 6.11. The molecule has 0 radical (unpaired) electrons. The Balaban J connectivity index is 2.10. The Morgan fingerprint density at radius 1 is 1.35 bits per heavy atom. The molecular formula is C14H21IN2. The lowest BCUT2D eigenvalue weighted by Crippen LogP contribution is -2.38. The van der Waals surface area contributed by atoms with Crippen LogP contribution in [0.4, 0.5) is 11.4 Å². The first kappa shape index (κ1) is 13.0. The zero-order chi connectivity index (χ0) is 12.5. The van der Waals surface area contributed by atoms with Crippen LogP contribution in [-0.2, 0) is 0 Å². The summed E-state index contributed by atoms with van der Waals surface area (Å²) < 4.78 is 1.21. The lowest BCUT2D eigenvalue weighted by atomic mass is 9.78. The molecule has 17 heavy (non-hydrogen) atoms. The Morgan fingerprint density at radius 2 is 2.00 bits per heavy atom. The van der Waals surface area contributed by atoms with Crippen LogP contribution in [0.1, 0.15) is 33.1 Å². The lowest BCUT2D eigenvalue weighted by molar-refractivity contribution is 0.238. The molecule has 0 atom stereocenters. The van der Waals surface area contributed by atoms with Crippen molar-refractivity contribution >= 4 is 34.0 Å². The number of piperidine rings is 1. The van der Waals surface area contributed by atoms with Gasteiger partial charge in [0, 0.05) is 16.7 Å². The van der Waals surface area contributed by atoms with Crippen LogP contribution in [0.3, 0.4) is 0 Å². The van der Waals surface area contributed by atoms with Crippen molar-refractivity contribution in [2.45, 2.75) is 33.1 Å². The van der Waals surface area contributed by atoms with Gasteiger partial charge >= 0.3 is 0 Å². The molecule has 3 heteroatoms. The summed E-state index contributed by atoms with van der Waals surface area (Å²) in [5, 5.41) is 0. The third-order valence-electron chi connectivity index (χ3n) is 4.15. The molecule has 1 aromatic rings. The number of nitrogens with zero attached hydrogens (tertiary/aromatic N) is 1. The van der Waals surface area contributed by atoms with Crippen molar-refractivity contribution in [3.05, 3.63) is 21.8 Å². The molecule has 1 heterocycles. The number of anilines is 2. The van der Waals surface area contributed by atoms with E-state index in [1.807, 2.05) is 0 Å². The fourth-order valence-electron chi connectivity index (χ4n) is 2.45. The van der Waals surface area contributed by atoms with Crippen molar-refractivity contribution in [2.75, 3.05) is 23.7 Å². The van der Waals surface area contributed by atoms with Gasteiger partial charge in [0.15, 0.2) is 0 Å². The number of hydrogen-bond donors (Lipinski definition) is 1. The number of halogens is 1. The van der Waals surface area contributed by atoms with E-state index in [1.165, 1.54) is 28.5 Å². The topological polar surface area (TPSA) is 29.3 Å². The fourth-order valence-corrected chi connectivity index (χ4v) is 2.97. The van der Waals surface area contributed by atoms with Crippen LogP contribution < -0.4 is 10.6 Å². The van der Waals surface area contributed by atoms with Gasteiger partial charge in [-0.3, -0.25) is 0 Å². The molecule has 2 N–H and O–H groups in total. The monoisotopic (exact) mass is 344 g/mol. The molecule has 1 aromatic carbocycles. The zero-order valence-electron chi connectivity index (χ0n) is 10.7.